The number of aromatic nitrogens is 3. The Hall–Kier alpha value is -2.47. The molecule has 0 amide bonds. The molecule has 3 heterocycles. The van der Waals surface area contributed by atoms with E-state index in [2.05, 4.69) is 21.2 Å². The lowest BCUT2D eigenvalue weighted by Gasteiger charge is -2.30. The number of nitrogens with zero attached hydrogens (tertiary/aromatic N) is 4. The second kappa shape index (κ2) is 6.80. The van der Waals surface area contributed by atoms with Crippen LogP contribution in [0.4, 0.5) is 4.39 Å². The number of likely N-dealkylation sites (tertiary alicyclic amines) is 1. The van der Waals surface area contributed by atoms with Crippen LogP contribution in [0, 0.1) is 5.82 Å². The number of halogens is 1. The van der Waals surface area contributed by atoms with Crippen molar-refractivity contribution in [3.63, 3.8) is 0 Å². The Bertz CT molecular complexity index is 831. The highest BCUT2D eigenvalue weighted by Crippen LogP contribution is 2.28. The molecule has 25 heavy (non-hydrogen) atoms. The first-order chi connectivity index (χ1) is 12.2. The summed E-state index contributed by atoms with van der Waals surface area (Å²) >= 11 is 0. The van der Waals surface area contributed by atoms with Gasteiger partial charge in [-0.25, -0.2) is 9.37 Å². The molecule has 1 saturated heterocycles. The molecule has 0 radical (unpaired) electrons. The lowest BCUT2D eigenvalue weighted by molar-refractivity contribution is 0.202. The molecule has 0 spiro atoms. The quantitative estimate of drug-likeness (QED) is 0.728. The van der Waals surface area contributed by atoms with Crippen molar-refractivity contribution >= 4 is 0 Å². The van der Waals surface area contributed by atoms with Gasteiger partial charge in [0.1, 0.15) is 12.1 Å². The van der Waals surface area contributed by atoms with E-state index in [9.17, 15) is 4.39 Å². The number of rotatable bonds is 4. The Morgan fingerprint density at radius 2 is 1.96 bits per heavy atom. The number of benzene rings is 1. The molecule has 0 unspecified atom stereocenters. The number of piperidine rings is 1. The minimum atomic E-state index is -0.257. The first kappa shape index (κ1) is 16.0. The Morgan fingerprint density at radius 1 is 1.20 bits per heavy atom. The lowest BCUT2D eigenvalue weighted by Crippen LogP contribution is -2.32. The van der Waals surface area contributed by atoms with Crippen molar-refractivity contribution in [2.45, 2.75) is 25.3 Å². The molecule has 6 heteroatoms. The largest absolute Gasteiger partial charge is 0.444 e. The molecule has 2 aromatic heterocycles. The first-order valence-electron chi connectivity index (χ1n) is 8.58. The first-order valence-corrected chi connectivity index (χ1v) is 8.58. The van der Waals surface area contributed by atoms with Crippen molar-refractivity contribution < 1.29 is 8.81 Å². The van der Waals surface area contributed by atoms with Gasteiger partial charge >= 0.3 is 0 Å². The van der Waals surface area contributed by atoms with Gasteiger partial charge < -0.3 is 4.42 Å². The number of aryl methyl sites for hydroxylation is 1. The summed E-state index contributed by atoms with van der Waals surface area (Å²) in [5.74, 6) is 0.879. The molecule has 1 fully saturated rings. The van der Waals surface area contributed by atoms with Gasteiger partial charge in [-0.05, 0) is 61.7 Å². The minimum absolute atomic E-state index is 0.257. The molecule has 0 atom stereocenters. The van der Waals surface area contributed by atoms with Gasteiger partial charge in [0.2, 0.25) is 5.89 Å². The highest BCUT2D eigenvalue weighted by atomic mass is 19.1. The molecule has 3 aromatic rings. The summed E-state index contributed by atoms with van der Waals surface area (Å²) in [6, 6.07) is 6.21. The molecular weight excluding hydrogens is 319 g/mol. The molecule has 0 saturated carbocycles. The topological polar surface area (TPSA) is 47.1 Å². The van der Waals surface area contributed by atoms with Gasteiger partial charge in [-0.1, -0.05) is 0 Å². The van der Waals surface area contributed by atoms with Gasteiger partial charge in [-0.3, -0.25) is 9.58 Å². The van der Waals surface area contributed by atoms with Crippen LogP contribution in [-0.4, -0.2) is 32.8 Å². The third kappa shape index (κ3) is 3.64. The summed E-state index contributed by atoms with van der Waals surface area (Å²) < 4.78 is 20.4. The van der Waals surface area contributed by atoms with Gasteiger partial charge in [0.05, 0.1) is 11.9 Å². The Labute approximate surface area is 146 Å². The average Bonchev–Trinajstić information content (AvgIpc) is 3.26. The molecule has 0 N–H and O–H groups in total. The van der Waals surface area contributed by atoms with Gasteiger partial charge in [0, 0.05) is 25.4 Å². The average molecular weight is 340 g/mol. The fourth-order valence-electron chi connectivity index (χ4n) is 3.41. The van der Waals surface area contributed by atoms with Crippen LogP contribution in [0.15, 0.2) is 47.3 Å². The summed E-state index contributed by atoms with van der Waals surface area (Å²) in [6.45, 7) is 2.86. The lowest BCUT2D eigenvalue weighted by atomic mass is 9.91. The van der Waals surface area contributed by atoms with Gasteiger partial charge in [-0.2, -0.15) is 5.10 Å². The van der Waals surface area contributed by atoms with E-state index in [1.807, 2.05) is 17.9 Å². The van der Waals surface area contributed by atoms with E-state index < -0.39 is 0 Å². The van der Waals surface area contributed by atoms with Crippen LogP contribution in [0.1, 0.15) is 30.0 Å². The van der Waals surface area contributed by atoms with Crippen molar-refractivity contribution in [3.8, 4) is 11.5 Å². The van der Waals surface area contributed by atoms with Crippen LogP contribution in [0.3, 0.4) is 0 Å². The van der Waals surface area contributed by atoms with E-state index in [0.717, 1.165) is 43.7 Å². The van der Waals surface area contributed by atoms with Crippen molar-refractivity contribution in [1.29, 1.82) is 0 Å². The van der Waals surface area contributed by atoms with Crippen LogP contribution in [0.5, 0.6) is 0 Å². The van der Waals surface area contributed by atoms with Gasteiger partial charge in [-0.15, -0.1) is 0 Å². The monoisotopic (exact) mass is 340 g/mol. The van der Waals surface area contributed by atoms with E-state index in [1.165, 1.54) is 17.7 Å². The third-order valence-corrected chi connectivity index (χ3v) is 4.81. The van der Waals surface area contributed by atoms with E-state index >= 15 is 0 Å². The van der Waals surface area contributed by atoms with Crippen LogP contribution < -0.4 is 0 Å². The van der Waals surface area contributed by atoms with Gasteiger partial charge in [0.25, 0.3) is 0 Å². The number of hydrogen-bond donors (Lipinski definition) is 0. The van der Waals surface area contributed by atoms with Crippen LogP contribution in [-0.2, 0) is 13.6 Å². The Kier molecular flexibility index (Phi) is 4.36. The summed E-state index contributed by atoms with van der Waals surface area (Å²) in [5, 5.41) is 4.27. The minimum Gasteiger partial charge on any atom is -0.444 e. The smallest absolute Gasteiger partial charge is 0.226 e. The fraction of sp³-hybridized carbons (Fsp3) is 0.368. The maximum absolute atomic E-state index is 13.0. The van der Waals surface area contributed by atoms with E-state index in [4.69, 9.17) is 4.42 Å². The highest BCUT2D eigenvalue weighted by molar-refractivity contribution is 5.52. The molecule has 1 aliphatic rings. The van der Waals surface area contributed by atoms with E-state index in [1.54, 1.807) is 18.4 Å². The third-order valence-electron chi connectivity index (χ3n) is 4.81. The van der Waals surface area contributed by atoms with Crippen LogP contribution >= 0.6 is 0 Å². The van der Waals surface area contributed by atoms with Crippen LogP contribution in [0.2, 0.25) is 0 Å². The zero-order valence-electron chi connectivity index (χ0n) is 14.2. The second-order valence-electron chi connectivity index (χ2n) is 6.65. The maximum Gasteiger partial charge on any atom is 0.226 e. The molecule has 0 bridgehead atoms. The molecule has 0 aliphatic carbocycles. The summed E-state index contributed by atoms with van der Waals surface area (Å²) in [5.41, 5.74) is 3.05. The van der Waals surface area contributed by atoms with Crippen molar-refractivity contribution in [2.75, 3.05) is 13.1 Å². The molecular formula is C19H21FN4O. The second-order valence-corrected chi connectivity index (χ2v) is 6.65. The van der Waals surface area contributed by atoms with Crippen molar-refractivity contribution in [1.82, 2.24) is 19.7 Å². The normalized spacial score (nSPS) is 16.4. The molecule has 1 aromatic carbocycles. The standard InChI is InChI=1S/C19H21FN4O/c1-23-11-16(10-21-23)14-6-8-24(9-7-14)12-18-13-25-19(22-18)15-2-4-17(20)5-3-15/h2-5,10-11,13-14H,6-9,12H2,1H3. The molecule has 1 aliphatic heterocycles. The summed E-state index contributed by atoms with van der Waals surface area (Å²) in [4.78, 5) is 6.94. The van der Waals surface area contributed by atoms with E-state index in [-0.39, 0.29) is 5.82 Å². The zero-order valence-corrected chi connectivity index (χ0v) is 14.2. The SMILES string of the molecule is Cn1cc(C2CCN(Cc3coc(-c4ccc(F)cc4)n3)CC2)cn1. The predicted octanol–water partition coefficient (Wildman–Crippen LogP) is 3.59. The summed E-state index contributed by atoms with van der Waals surface area (Å²) in [7, 11) is 1.96. The molecule has 130 valence electrons. The molecule has 5 nitrogen and oxygen atoms in total. The predicted molar refractivity (Wildman–Crippen MR) is 92.4 cm³/mol. The fourth-order valence-corrected chi connectivity index (χ4v) is 3.41. The highest BCUT2D eigenvalue weighted by Gasteiger charge is 2.22. The van der Waals surface area contributed by atoms with Crippen molar-refractivity contribution in [2.24, 2.45) is 7.05 Å². The Morgan fingerprint density at radius 3 is 2.64 bits per heavy atom. The zero-order chi connectivity index (χ0) is 17.2. The number of oxazole rings is 1. The Balaban J connectivity index is 1.35. The number of hydrogen-bond acceptors (Lipinski definition) is 4. The summed E-state index contributed by atoms with van der Waals surface area (Å²) in [6.07, 6.45) is 8.06. The van der Waals surface area contributed by atoms with Crippen molar-refractivity contribution in [3.05, 3.63) is 60.0 Å². The van der Waals surface area contributed by atoms with Gasteiger partial charge in [0.15, 0.2) is 0 Å². The maximum atomic E-state index is 13.0. The van der Waals surface area contributed by atoms with Crippen LogP contribution in [0.25, 0.3) is 11.5 Å². The van der Waals surface area contributed by atoms with E-state index in [0.29, 0.717) is 11.8 Å². The molecule has 4 rings (SSSR count).